The third-order valence-corrected chi connectivity index (χ3v) is 4.50. The Kier molecular flexibility index (Phi) is 3.79. The van der Waals surface area contributed by atoms with Gasteiger partial charge in [-0.2, -0.15) is 5.10 Å². The van der Waals surface area contributed by atoms with Crippen LogP contribution in [0, 0.1) is 0 Å². The molecule has 1 amide bonds. The summed E-state index contributed by atoms with van der Waals surface area (Å²) in [7, 11) is 0. The summed E-state index contributed by atoms with van der Waals surface area (Å²) in [5, 5.41) is 6.93. The van der Waals surface area contributed by atoms with Crippen molar-refractivity contribution in [2.75, 3.05) is 5.32 Å². The molecule has 28 heavy (non-hydrogen) atoms. The van der Waals surface area contributed by atoms with E-state index >= 15 is 0 Å². The van der Waals surface area contributed by atoms with Gasteiger partial charge in [-0.25, -0.2) is 19.6 Å². The lowest BCUT2D eigenvalue weighted by Gasteiger charge is -2.27. The minimum absolute atomic E-state index is 0.202. The molecule has 1 N–H and O–H groups in total. The predicted molar refractivity (Wildman–Crippen MR) is 100 cm³/mol. The van der Waals surface area contributed by atoms with E-state index in [4.69, 9.17) is 4.74 Å². The van der Waals surface area contributed by atoms with Crippen molar-refractivity contribution in [2.24, 2.45) is 0 Å². The second-order valence-corrected chi connectivity index (χ2v) is 6.20. The van der Waals surface area contributed by atoms with Crippen molar-refractivity contribution >= 4 is 11.7 Å². The third kappa shape index (κ3) is 2.77. The van der Waals surface area contributed by atoms with Gasteiger partial charge in [-0.15, -0.1) is 0 Å². The molecule has 0 radical (unpaired) electrons. The monoisotopic (exact) mass is 370 g/mol. The molecule has 0 atom stereocenters. The van der Waals surface area contributed by atoms with Crippen molar-refractivity contribution in [1.29, 1.82) is 0 Å². The maximum Gasteiger partial charge on any atom is 0.237 e. The van der Waals surface area contributed by atoms with Crippen molar-refractivity contribution in [3.05, 3.63) is 84.7 Å². The highest BCUT2D eigenvalue weighted by Crippen LogP contribution is 2.44. The van der Waals surface area contributed by atoms with Gasteiger partial charge < -0.3 is 10.1 Å². The average Bonchev–Trinajstić information content (AvgIpc) is 3.27. The van der Waals surface area contributed by atoms with E-state index < -0.39 is 5.92 Å². The highest BCUT2D eigenvalue weighted by molar-refractivity contribution is 5.99. The summed E-state index contributed by atoms with van der Waals surface area (Å²) < 4.78 is 7.45. The number of para-hydroxylation sites is 2. The number of nitrogens with zero attached hydrogens (tertiary/aromatic N) is 5. The first kappa shape index (κ1) is 16.1. The molecule has 136 valence electrons. The van der Waals surface area contributed by atoms with Crippen LogP contribution in [0.4, 0.5) is 5.82 Å². The second-order valence-electron chi connectivity index (χ2n) is 6.20. The van der Waals surface area contributed by atoms with Crippen molar-refractivity contribution in [2.45, 2.75) is 5.92 Å². The zero-order chi connectivity index (χ0) is 18.9. The molecule has 0 saturated heterocycles. The maximum atomic E-state index is 13.2. The standard InChI is InChI=1S/C20H14N6O2/c27-20(25-17-9-18(23-11-22-17)26-12-21-10-24-26)19-13-5-1-3-7-15(13)28-16-8-4-2-6-14(16)19/h1-12,19H,(H,22,23,25,27). The lowest BCUT2D eigenvalue weighted by atomic mass is 9.87. The van der Waals surface area contributed by atoms with Crippen molar-refractivity contribution in [3.8, 4) is 17.3 Å². The van der Waals surface area contributed by atoms with Crippen molar-refractivity contribution in [3.63, 3.8) is 0 Å². The average molecular weight is 370 g/mol. The minimum Gasteiger partial charge on any atom is -0.457 e. The molecule has 0 aliphatic carbocycles. The van der Waals surface area contributed by atoms with Gasteiger partial charge >= 0.3 is 0 Å². The number of hydrogen-bond donors (Lipinski definition) is 1. The lowest BCUT2D eigenvalue weighted by Crippen LogP contribution is -2.25. The summed E-state index contributed by atoms with van der Waals surface area (Å²) in [6, 6.07) is 16.7. The molecular weight excluding hydrogens is 356 g/mol. The first-order valence-electron chi connectivity index (χ1n) is 8.63. The number of hydrogen-bond acceptors (Lipinski definition) is 6. The van der Waals surface area contributed by atoms with Gasteiger partial charge in [0.15, 0.2) is 5.82 Å². The van der Waals surface area contributed by atoms with Gasteiger partial charge in [-0.05, 0) is 12.1 Å². The van der Waals surface area contributed by atoms with Crippen molar-refractivity contribution in [1.82, 2.24) is 24.7 Å². The molecule has 8 nitrogen and oxygen atoms in total. The maximum absolute atomic E-state index is 13.2. The molecule has 2 aromatic carbocycles. The van der Waals surface area contributed by atoms with Gasteiger partial charge in [0.2, 0.25) is 5.91 Å². The fourth-order valence-electron chi connectivity index (χ4n) is 3.26. The highest BCUT2D eigenvalue weighted by atomic mass is 16.5. The Morgan fingerprint density at radius 1 is 0.964 bits per heavy atom. The van der Waals surface area contributed by atoms with Gasteiger partial charge in [-0.3, -0.25) is 4.79 Å². The van der Waals surface area contributed by atoms with E-state index in [2.05, 4.69) is 25.4 Å². The van der Waals surface area contributed by atoms with E-state index in [1.807, 2.05) is 48.5 Å². The molecular formula is C20H14N6O2. The van der Waals surface area contributed by atoms with E-state index in [9.17, 15) is 4.79 Å². The van der Waals surface area contributed by atoms with Gasteiger partial charge in [0.05, 0.1) is 5.92 Å². The summed E-state index contributed by atoms with van der Waals surface area (Å²) in [4.78, 5) is 25.4. The molecule has 3 heterocycles. The largest absolute Gasteiger partial charge is 0.457 e. The fraction of sp³-hybridized carbons (Fsp3) is 0.0500. The van der Waals surface area contributed by atoms with Gasteiger partial charge in [0.25, 0.3) is 0 Å². The highest BCUT2D eigenvalue weighted by Gasteiger charge is 2.32. The molecule has 1 aliphatic heterocycles. The van der Waals surface area contributed by atoms with Crippen LogP contribution < -0.4 is 10.1 Å². The number of benzene rings is 2. The Morgan fingerprint density at radius 2 is 1.68 bits per heavy atom. The summed E-state index contributed by atoms with van der Waals surface area (Å²) in [6.45, 7) is 0. The van der Waals surface area contributed by atoms with Crippen LogP contribution in [0.5, 0.6) is 11.5 Å². The van der Waals surface area contributed by atoms with E-state index in [-0.39, 0.29) is 5.91 Å². The molecule has 1 aliphatic rings. The molecule has 0 bridgehead atoms. The minimum atomic E-state index is -0.508. The molecule has 8 heteroatoms. The second kappa shape index (κ2) is 6.58. The molecule has 0 saturated carbocycles. The van der Waals surface area contributed by atoms with Gasteiger partial charge in [-0.1, -0.05) is 36.4 Å². The predicted octanol–water partition coefficient (Wildman–Crippen LogP) is 2.93. The normalized spacial score (nSPS) is 12.6. The fourth-order valence-corrected chi connectivity index (χ4v) is 3.26. The van der Waals surface area contributed by atoms with Crippen LogP contribution in [0.1, 0.15) is 17.0 Å². The summed E-state index contributed by atoms with van der Waals surface area (Å²) in [5.41, 5.74) is 1.62. The zero-order valence-electron chi connectivity index (χ0n) is 14.6. The van der Waals surface area contributed by atoms with Crippen LogP contribution in [0.2, 0.25) is 0 Å². The van der Waals surface area contributed by atoms with Gasteiger partial charge in [0.1, 0.15) is 36.3 Å². The van der Waals surface area contributed by atoms with Crippen LogP contribution in [-0.2, 0) is 4.79 Å². The number of nitrogens with one attached hydrogen (secondary N) is 1. The topological polar surface area (TPSA) is 94.8 Å². The third-order valence-electron chi connectivity index (χ3n) is 4.50. The molecule has 2 aromatic heterocycles. The van der Waals surface area contributed by atoms with Crippen LogP contribution >= 0.6 is 0 Å². The molecule has 4 aromatic rings. The van der Waals surface area contributed by atoms with E-state index in [0.717, 1.165) is 11.1 Å². The zero-order valence-corrected chi connectivity index (χ0v) is 14.6. The van der Waals surface area contributed by atoms with Crippen LogP contribution in [-0.4, -0.2) is 30.6 Å². The van der Waals surface area contributed by atoms with Crippen molar-refractivity contribution < 1.29 is 9.53 Å². The first-order chi connectivity index (χ1) is 13.8. The number of carbonyl (C=O) groups excluding carboxylic acids is 1. The lowest BCUT2D eigenvalue weighted by molar-refractivity contribution is -0.116. The molecule has 0 spiro atoms. The van der Waals surface area contributed by atoms with Crippen LogP contribution in [0.3, 0.4) is 0 Å². The Morgan fingerprint density at radius 3 is 2.36 bits per heavy atom. The first-order valence-corrected chi connectivity index (χ1v) is 8.63. The van der Waals surface area contributed by atoms with E-state index in [0.29, 0.717) is 23.1 Å². The Labute approximate surface area is 159 Å². The number of fused-ring (bicyclic) bond motifs is 2. The number of amides is 1. The Hall–Kier alpha value is -4.07. The molecule has 0 unspecified atom stereocenters. The summed E-state index contributed by atoms with van der Waals surface area (Å²) in [5.74, 6) is 1.53. The summed E-state index contributed by atoms with van der Waals surface area (Å²) in [6.07, 6.45) is 4.31. The number of rotatable bonds is 3. The number of carbonyl (C=O) groups is 1. The SMILES string of the molecule is O=C(Nc1cc(-n2cncn2)ncn1)C1c2ccccc2Oc2ccccc21. The smallest absolute Gasteiger partial charge is 0.237 e. The Balaban J connectivity index is 1.50. The Bertz CT molecular complexity index is 1110. The molecule has 5 rings (SSSR count). The number of aromatic nitrogens is 5. The summed E-state index contributed by atoms with van der Waals surface area (Å²) >= 11 is 0. The number of anilines is 1. The van der Waals surface area contributed by atoms with Crippen LogP contribution in [0.25, 0.3) is 5.82 Å². The van der Waals surface area contributed by atoms with Gasteiger partial charge in [0, 0.05) is 17.2 Å². The van der Waals surface area contributed by atoms with Crippen LogP contribution in [0.15, 0.2) is 73.6 Å². The quantitative estimate of drug-likeness (QED) is 0.596. The van der Waals surface area contributed by atoms with E-state index in [1.165, 1.54) is 23.7 Å². The molecule has 0 fully saturated rings. The van der Waals surface area contributed by atoms with E-state index in [1.54, 1.807) is 6.07 Å². The number of ether oxygens (including phenoxy) is 1.